The molecule has 1 heterocycles. The summed E-state index contributed by atoms with van der Waals surface area (Å²) in [4.78, 5) is 13.7. The molecule has 0 fully saturated rings. The molecule has 4 nitrogen and oxygen atoms in total. The Morgan fingerprint density at radius 1 is 1.47 bits per heavy atom. The predicted molar refractivity (Wildman–Crippen MR) is 78.4 cm³/mol. The minimum Gasteiger partial charge on any atom is -0.374 e. The van der Waals surface area contributed by atoms with Crippen LogP contribution < -0.4 is 15.5 Å². The minimum atomic E-state index is -0.163. The van der Waals surface area contributed by atoms with Crippen molar-refractivity contribution in [1.29, 1.82) is 0 Å². The lowest BCUT2D eigenvalue weighted by Gasteiger charge is -2.28. The number of fused-ring (bicyclic) bond motifs is 1. The van der Waals surface area contributed by atoms with Crippen molar-refractivity contribution >= 4 is 11.6 Å². The molecule has 1 aliphatic heterocycles. The van der Waals surface area contributed by atoms with Crippen LogP contribution in [0, 0.1) is 0 Å². The van der Waals surface area contributed by atoms with Crippen LogP contribution in [0.3, 0.4) is 0 Å². The van der Waals surface area contributed by atoms with Gasteiger partial charge in [-0.25, -0.2) is 0 Å². The molecule has 0 aromatic heterocycles. The summed E-state index contributed by atoms with van der Waals surface area (Å²) in [6.07, 6.45) is 2.37. The number of anilines is 1. The topological polar surface area (TPSA) is 44.4 Å². The second-order valence-electron chi connectivity index (χ2n) is 5.21. The van der Waals surface area contributed by atoms with E-state index < -0.39 is 0 Å². The van der Waals surface area contributed by atoms with Crippen LogP contribution in [0.1, 0.15) is 24.5 Å². The molecular weight excluding hydrogens is 238 g/mol. The number of hydrogen-bond donors (Lipinski definition) is 2. The Morgan fingerprint density at radius 3 is 3.00 bits per heavy atom. The maximum atomic E-state index is 11.4. The van der Waals surface area contributed by atoms with Crippen molar-refractivity contribution in [3.63, 3.8) is 0 Å². The average molecular weight is 261 g/mol. The monoisotopic (exact) mass is 261 g/mol. The summed E-state index contributed by atoms with van der Waals surface area (Å²) in [7, 11) is 3.80. The number of aryl methyl sites for hydroxylation is 1. The molecule has 1 aliphatic rings. The van der Waals surface area contributed by atoms with Gasteiger partial charge in [0.15, 0.2) is 0 Å². The average Bonchev–Trinajstić information content (AvgIpc) is 2.44. The first-order chi connectivity index (χ1) is 9.11. The van der Waals surface area contributed by atoms with Crippen molar-refractivity contribution in [3.8, 4) is 0 Å². The van der Waals surface area contributed by atoms with Crippen molar-refractivity contribution in [2.24, 2.45) is 0 Å². The first-order valence-corrected chi connectivity index (χ1v) is 6.89. The van der Waals surface area contributed by atoms with Gasteiger partial charge in [0.05, 0.1) is 6.04 Å². The van der Waals surface area contributed by atoms with E-state index in [1.54, 1.807) is 7.05 Å². The fourth-order valence-electron chi connectivity index (χ4n) is 2.53. The predicted octanol–water partition coefficient (Wildman–Crippen LogP) is 1.29. The highest BCUT2D eigenvalue weighted by atomic mass is 16.2. The van der Waals surface area contributed by atoms with Gasteiger partial charge in [0.1, 0.15) is 0 Å². The van der Waals surface area contributed by atoms with E-state index >= 15 is 0 Å². The lowest BCUT2D eigenvalue weighted by atomic mass is 9.99. The van der Waals surface area contributed by atoms with Crippen molar-refractivity contribution in [2.45, 2.75) is 32.4 Å². The van der Waals surface area contributed by atoms with Gasteiger partial charge in [-0.15, -0.1) is 0 Å². The van der Waals surface area contributed by atoms with Gasteiger partial charge in [-0.1, -0.05) is 12.1 Å². The third kappa shape index (κ3) is 3.26. The van der Waals surface area contributed by atoms with E-state index in [4.69, 9.17) is 0 Å². The number of carbonyl (C=O) groups excluding carboxylic acids is 1. The Hall–Kier alpha value is -1.55. The Kier molecular flexibility index (Phi) is 4.43. The van der Waals surface area contributed by atoms with E-state index in [-0.39, 0.29) is 11.9 Å². The molecule has 2 rings (SSSR count). The molecule has 1 atom stereocenters. The van der Waals surface area contributed by atoms with Crippen LogP contribution in [-0.4, -0.2) is 32.6 Å². The van der Waals surface area contributed by atoms with E-state index in [9.17, 15) is 4.79 Å². The van der Waals surface area contributed by atoms with Gasteiger partial charge in [0.25, 0.3) is 0 Å². The van der Waals surface area contributed by atoms with Crippen LogP contribution in [-0.2, 0) is 17.8 Å². The number of benzene rings is 1. The van der Waals surface area contributed by atoms with Crippen LogP contribution in [0.15, 0.2) is 18.2 Å². The van der Waals surface area contributed by atoms with Crippen LogP contribution in [0.2, 0.25) is 0 Å². The number of carbonyl (C=O) groups is 1. The number of nitrogens with one attached hydrogen (secondary N) is 2. The largest absolute Gasteiger partial charge is 0.374 e. The molecule has 19 heavy (non-hydrogen) atoms. The van der Waals surface area contributed by atoms with Crippen LogP contribution >= 0.6 is 0 Å². The molecule has 4 heteroatoms. The molecule has 0 saturated heterocycles. The highest BCUT2D eigenvalue weighted by Crippen LogP contribution is 2.26. The van der Waals surface area contributed by atoms with E-state index in [0.717, 1.165) is 19.5 Å². The van der Waals surface area contributed by atoms with Crippen molar-refractivity contribution in [2.75, 3.05) is 25.5 Å². The van der Waals surface area contributed by atoms with Crippen molar-refractivity contribution in [3.05, 3.63) is 29.3 Å². The lowest BCUT2D eigenvalue weighted by molar-refractivity contribution is -0.122. The molecule has 104 valence electrons. The summed E-state index contributed by atoms with van der Waals surface area (Å²) < 4.78 is 0. The zero-order chi connectivity index (χ0) is 13.8. The highest BCUT2D eigenvalue weighted by Gasteiger charge is 2.14. The molecule has 1 amide bonds. The lowest BCUT2D eigenvalue weighted by Crippen LogP contribution is -2.40. The van der Waals surface area contributed by atoms with Crippen molar-refractivity contribution in [1.82, 2.24) is 10.6 Å². The molecule has 0 aliphatic carbocycles. The zero-order valence-electron chi connectivity index (χ0n) is 12.0. The number of hydrogen-bond acceptors (Lipinski definition) is 3. The van der Waals surface area contributed by atoms with Crippen LogP contribution in [0.5, 0.6) is 0 Å². The van der Waals surface area contributed by atoms with Gasteiger partial charge in [0, 0.05) is 32.9 Å². The Bertz CT molecular complexity index is 459. The first-order valence-electron chi connectivity index (χ1n) is 6.89. The van der Waals surface area contributed by atoms with E-state index in [0.29, 0.717) is 0 Å². The fraction of sp³-hybridized carbons (Fsp3) is 0.533. The second-order valence-corrected chi connectivity index (χ2v) is 5.21. The van der Waals surface area contributed by atoms with Gasteiger partial charge < -0.3 is 15.5 Å². The molecule has 2 N–H and O–H groups in total. The molecule has 0 bridgehead atoms. The summed E-state index contributed by atoms with van der Waals surface area (Å²) in [5.74, 6) is 0.0256. The fourth-order valence-corrected chi connectivity index (χ4v) is 2.53. The van der Waals surface area contributed by atoms with Gasteiger partial charge in [0.2, 0.25) is 5.91 Å². The third-order valence-corrected chi connectivity index (χ3v) is 3.75. The van der Waals surface area contributed by atoms with E-state index in [1.807, 2.05) is 6.92 Å². The van der Waals surface area contributed by atoms with Gasteiger partial charge in [-0.05, 0) is 37.0 Å². The molecule has 1 unspecified atom stereocenters. The molecular formula is C15H23N3O. The third-order valence-electron chi connectivity index (χ3n) is 3.75. The number of amides is 1. The van der Waals surface area contributed by atoms with Crippen LogP contribution in [0.25, 0.3) is 0 Å². The van der Waals surface area contributed by atoms with E-state index in [1.165, 1.54) is 23.2 Å². The molecule has 1 aromatic carbocycles. The SMILES string of the molecule is CNC(=O)C(C)NCc1ccc2c(c1)CCCN2C. The van der Waals surface area contributed by atoms with Crippen LogP contribution in [0.4, 0.5) is 5.69 Å². The first kappa shape index (κ1) is 13.9. The summed E-state index contributed by atoms with van der Waals surface area (Å²) in [5, 5.41) is 5.89. The maximum absolute atomic E-state index is 11.4. The van der Waals surface area contributed by atoms with Gasteiger partial charge in [-0.3, -0.25) is 4.79 Å². The highest BCUT2D eigenvalue weighted by molar-refractivity contribution is 5.80. The molecule has 0 saturated carbocycles. The normalized spacial score (nSPS) is 15.8. The standard InChI is InChI=1S/C15H23N3O/c1-11(15(19)16-2)17-10-12-6-7-14-13(9-12)5-4-8-18(14)3/h6-7,9,11,17H,4-5,8,10H2,1-3H3,(H,16,19). The second kappa shape index (κ2) is 6.06. The molecule has 0 radical (unpaired) electrons. The smallest absolute Gasteiger partial charge is 0.236 e. The Labute approximate surface area is 115 Å². The van der Waals surface area contributed by atoms with E-state index in [2.05, 4.69) is 40.8 Å². The van der Waals surface area contributed by atoms with Gasteiger partial charge >= 0.3 is 0 Å². The molecule has 1 aromatic rings. The Morgan fingerprint density at radius 2 is 2.26 bits per heavy atom. The summed E-state index contributed by atoms with van der Waals surface area (Å²) in [6, 6.07) is 6.43. The number of rotatable bonds is 4. The Balaban J connectivity index is 2.00. The summed E-state index contributed by atoms with van der Waals surface area (Å²) >= 11 is 0. The summed E-state index contributed by atoms with van der Waals surface area (Å²) in [6.45, 7) is 3.74. The molecule has 0 spiro atoms. The number of likely N-dealkylation sites (N-methyl/N-ethyl adjacent to an activating group) is 1. The quantitative estimate of drug-likeness (QED) is 0.858. The summed E-state index contributed by atoms with van der Waals surface area (Å²) in [5.41, 5.74) is 4.00. The maximum Gasteiger partial charge on any atom is 0.236 e. The number of nitrogens with zero attached hydrogens (tertiary/aromatic N) is 1. The zero-order valence-corrected chi connectivity index (χ0v) is 12.0. The van der Waals surface area contributed by atoms with Crippen molar-refractivity contribution < 1.29 is 4.79 Å². The van der Waals surface area contributed by atoms with Gasteiger partial charge in [-0.2, -0.15) is 0 Å². The minimum absolute atomic E-state index is 0.0256.